The van der Waals surface area contributed by atoms with Gasteiger partial charge in [0.1, 0.15) is 0 Å². The van der Waals surface area contributed by atoms with Crippen LogP contribution >= 0.6 is 0 Å². The summed E-state index contributed by atoms with van der Waals surface area (Å²) in [6, 6.07) is 0.605. The first kappa shape index (κ1) is 10.5. The number of hydrogen-bond acceptors (Lipinski definition) is 2. The quantitative estimate of drug-likeness (QED) is 0.681. The number of carbonyl (C=O) groups excluding carboxylic acids is 1. The minimum Gasteiger partial charge on any atom is -0.369 e. The van der Waals surface area contributed by atoms with Gasteiger partial charge in [-0.25, -0.2) is 0 Å². The van der Waals surface area contributed by atoms with Crippen LogP contribution in [0.15, 0.2) is 0 Å². The molecule has 0 aliphatic heterocycles. The van der Waals surface area contributed by atoms with E-state index in [9.17, 15) is 4.79 Å². The Bertz CT molecular complexity index is 195. The highest BCUT2D eigenvalue weighted by Crippen LogP contribution is 2.27. The van der Waals surface area contributed by atoms with Gasteiger partial charge in [-0.15, -0.1) is 0 Å². The van der Waals surface area contributed by atoms with Gasteiger partial charge in [0.25, 0.3) is 0 Å². The van der Waals surface area contributed by atoms with E-state index < -0.39 is 5.41 Å². The second-order valence-electron chi connectivity index (χ2n) is 4.90. The molecular weight excluding hydrogens is 164 g/mol. The molecule has 0 aromatic heterocycles. The van der Waals surface area contributed by atoms with E-state index in [0.717, 1.165) is 5.92 Å². The summed E-state index contributed by atoms with van der Waals surface area (Å²) >= 11 is 0. The number of nitrogens with two attached hydrogens (primary N) is 1. The lowest BCUT2D eigenvalue weighted by Crippen LogP contribution is -2.47. The molecule has 0 radical (unpaired) electrons. The summed E-state index contributed by atoms with van der Waals surface area (Å²) in [6.45, 7) is 6.70. The van der Waals surface area contributed by atoms with E-state index >= 15 is 0 Å². The van der Waals surface area contributed by atoms with Crippen LogP contribution in [0.4, 0.5) is 0 Å². The van der Waals surface area contributed by atoms with Gasteiger partial charge >= 0.3 is 0 Å². The van der Waals surface area contributed by atoms with Gasteiger partial charge in [0.05, 0.1) is 5.41 Å². The predicted molar refractivity (Wildman–Crippen MR) is 53.2 cm³/mol. The number of amides is 1. The van der Waals surface area contributed by atoms with Gasteiger partial charge in [0, 0.05) is 12.6 Å². The number of nitrogens with one attached hydrogen (secondary N) is 1. The summed E-state index contributed by atoms with van der Waals surface area (Å²) in [6.07, 6.45) is 2.46. The number of hydrogen-bond donors (Lipinski definition) is 2. The van der Waals surface area contributed by atoms with Gasteiger partial charge in [0.15, 0.2) is 0 Å². The molecule has 0 bridgehead atoms. The fourth-order valence-corrected chi connectivity index (χ4v) is 1.56. The van der Waals surface area contributed by atoms with Crippen LogP contribution in [0.2, 0.25) is 0 Å². The molecule has 1 aliphatic rings. The van der Waals surface area contributed by atoms with E-state index in [0.29, 0.717) is 12.6 Å². The normalized spacial score (nSPS) is 28.2. The lowest BCUT2D eigenvalue weighted by atomic mass is 9.81. The molecule has 0 unspecified atom stereocenters. The van der Waals surface area contributed by atoms with Crippen LogP contribution in [0.25, 0.3) is 0 Å². The molecule has 0 atom stereocenters. The Morgan fingerprint density at radius 1 is 1.54 bits per heavy atom. The molecule has 3 N–H and O–H groups in total. The van der Waals surface area contributed by atoms with Crippen molar-refractivity contribution in [3.8, 4) is 0 Å². The number of primary amides is 1. The van der Waals surface area contributed by atoms with E-state index in [2.05, 4.69) is 12.2 Å². The molecule has 3 nitrogen and oxygen atoms in total. The van der Waals surface area contributed by atoms with Crippen molar-refractivity contribution in [1.82, 2.24) is 5.32 Å². The molecule has 76 valence electrons. The third-order valence-electron chi connectivity index (χ3n) is 2.87. The second kappa shape index (κ2) is 3.66. The van der Waals surface area contributed by atoms with Crippen molar-refractivity contribution in [2.45, 2.75) is 39.7 Å². The van der Waals surface area contributed by atoms with Crippen molar-refractivity contribution in [3.63, 3.8) is 0 Å². The zero-order valence-corrected chi connectivity index (χ0v) is 8.76. The van der Waals surface area contributed by atoms with Crippen LogP contribution < -0.4 is 11.1 Å². The highest BCUT2D eigenvalue weighted by Gasteiger charge is 2.29. The van der Waals surface area contributed by atoms with E-state index in [1.165, 1.54) is 12.8 Å². The van der Waals surface area contributed by atoms with Crippen LogP contribution in [0.5, 0.6) is 0 Å². The summed E-state index contributed by atoms with van der Waals surface area (Å²) in [7, 11) is 0. The highest BCUT2D eigenvalue weighted by atomic mass is 16.1. The highest BCUT2D eigenvalue weighted by molar-refractivity contribution is 5.80. The molecule has 1 rings (SSSR count). The van der Waals surface area contributed by atoms with Crippen molar-refractivity contribution in [3.05, 3.63) is 0 Å². The van der Waals surface area contributed by atoms with E-state index in [1.54, 1.807) is 0 Å². The second-order valence-corrected chi connectivity index (χ2v) is 4.90. The SMILES string of the molecule is CC1CC(NCC(C)(C)C(N)=O)C1. The van der Waals surface area contributed by atoms with Crippen molar-refractivity contribution in [2.24, 2.45) is 17.1 Å². The average Bonchev–Trinajstić information content (AvgIpc) is 1.95. The van der Waals surface area contributed by atoms with Crippen molar-refractivity contribution in [1.29, 1.82) is 0 Å². The molecule has 0 heterocycles. The number of rotatable bonds is 4. The molecular formula is C10H20N2O. The smallest absolute Gasteiger partial charge is 0.224 e. The summed E-state index contributed by atoms with van der Waals surface area (Å²) < 4.78 is 0. The molecule has 0 spiro atoms. The minimum atomic E-state index is -0.418. The molecule has 0 aromatic carbocycles. The summed E-state index contributed by atoms with van der Waals surface area (Å²) in [5, 5.41) is 3.37. The van der Waals surface area contributed by atoms with E-state index in [-0.39, 0.29) is 5.91 Å². The topological polar surface area (TPSA) is 55.1 Å². The minimum absolute atomic E-state index is 0.229. The molecule has 1 saturated carbocycles. The Kier molecular flexibility index (Phi) is 2.96. The summed E-state index contributed by atoms with van der Waals surface area (Å²) in [4.78, 5) is 11.0. The van der Waals surface area contributed by atoms with Gasteiger partial charge in [0.2, 0.25) is 5.91 Å². The summed E-state index contributed by atoms with van der Waals surface area (Å²) in [5.74, 6) is 0.613. The summed E-state index contributed by atoms with van der Waals surface area (Å²) in [5.41, 5.74) is 4.85. The third-order valence-corrected chi connectivity index (χ3v) is 2.87. The standard InChI is InChI=1S/C10H20N2O/c1-7-4-8(5-7)12-6-10(2,3)9(11)13/h7-8,12H,4-6H2,1-3H3,(H2,11,13). The maximum atomic E-state index is 11.0. The van der Waals surface area contributed by atoms with Crippen LogP contribution in [0, 0.1) is 11.3 Å². The predicted octanol–water partition coefficient (Wildman–Crippen LogP) is 0.886. The van der Waals surface area contributed by atoms with Gasteiger partial charge in [-0.3, -0.25) is 4.79 Å². The van der Waals surface area contributed by atoms with Gasteiger partial charge in [-0.05, 0) is 32.6 Å². The Balaban J connectivity index is 2.22. The van der Waals surface area contributed by atoms with Gasteiger partial charge in [-0.2, -0.15) is 0 Å². The van der Waals surface area contributed by atoms with Gasteiger partial charge < -0.3 is 11.1 Å². The van der Waals surface area contributed by atoms with Gasteiger partial charge in [-0.1, -0.05) is 6.92 Å². The van der Waals surface area contributed by atoms with Crippen molar-refractivity contribution in [2.75, 3.05) is 6.54 Å². The Hall–Kier alpha value is -0.570. The first-order valence-electron chi connectivity index (χ1n) is 4.95. The zero-order chi connectivity index (χ0) is 10.1. The Labute approximate surface area is 80.1 Å². The first-order valence-corrected chi connectivity index (χ1v) is 4.95. The number of carbonyl (C=O) groups is 1. The lowest BCUT2D eigenvalue weighted by molar-refractivity contribution is -0.125. The zero-order valence-electron chi connectivity index (χ0n) is 8.76. The molecule has 3 heteroatoms. The largest absolute Gasteiger partial charge is 0.369 e. The molecule has 1 fully saturated rings. The Morgan fingerprint density at radius 2 is 2.08 bits per heavy atom. The molecule has 1 amide bonds. The van der Waals surface area contributed by atoms with Crippen LogP contribution in [-0.4, -0.2) is 18.5 Å². The van der Waals surface area contributed by atoms with Crippen molar-refractivity contribution >= 4 is 5.91 Å². The van der Waals surface area contributed by atoms with E-state index in [4.69, 9.17) is 5.73 Å². The van der Waals surface area contributed by atoms with Crippen LogP contribution in [0.1, 0.15) is 33.6 Å². The fourth-order valence-electron chi connectivity index (χ4n) is 1.56. The van der Waals surface area contributed by atoms with Crippen LogP contribution in [-0.2, 0) is 4.79 Å². The molecule has 0 aromatic rings. The third kappa shape index (κ3) is 2.69. The Morgan fingerprint density at radius 3 is 2.46 bits per heavy atom. The van der Waals surface area contributed by atoms with Crippen LogP contribution in [0.3, 0.4) is 0 Å². The monoisotopic (exact) mass is 184 g/mol. The first-order chi connectivity index (χ1) is 5.92. The average molecular weight is 184 g/mol. The van der Waals surface area contributed by atoms with E-state index in [1.807, 2.05) is 13.8 Å². The molecule has 13 heavy (non-hydrogen) atoms. The fraction of sp³-hybridized carbons (Fsp3) is 0.900. The molecule has 1 aliphatic carbocycles. The lowest BCUT2D eigenvalue weighted by Gasteiger charge is -2.35. The molecule has 0 saturated heterocycles. The van der Waals surface area contributed by atoms with Crippen molar-refractivity contribution < 1.29 is 4.79 Å². The maximum Gasteiger partial charge on any atom is 0.224 e. The maximum absolute atomic E-state index is 11.0.